The molecule has 2 heterocycles. The van der Waals surface area contributed by atoms with E-state index < -0.39 is 0 Å². The van der Waals surface area contributed by atoms with Crippen LogP contribution in [0.3, 0.4) is 0 Å². The summed E-state index contributed by atoms with van der Waals surface area (Å²) in [5.74, 6) is 0. The molecule has 0 aliphatic carbocycles. The summed E-state index contributed by atoms with van der Waals surface area (Å²) < 4.78 is 5.80. The van der Waals surface area contributed by atoms with Crippen LogP contribution >= 0.6 is 11.5 Å². The van der Waals surface area contributed by atoms with Crippen molar-refractivity contribution in [3.05, 3.63) is 23.7 Å². The molecule has 0 aliphatic rings. The Bertz CT molecular complexity index is 433. The summed E-state index contributed by atoms with van der Waals surface area (Å²) in [6, 6.07) is 1.98. The van der Waals surface area contributed by atoms with Crippen LogP contribution in [0.2, 0.25) is 0 Å². The van der Waals surface area contributed by atoms with Crippen LogP contribution in [0, 0.1) is 6.92 Å². The maximum absolute atomic E-state index is 4.31. The van der Waals surface area contributed by atoms with E-state index in [2.05, 4.69) is 26.9 Å². The molecule has 0 unspecified atom stereocenters. The molecule has 1 N–H and O–H groups in total. The van der Waals surface area contributed by atoms with Crippen molar-refractivity contribution >= 4 is 16.5 Å². The second-order valence-corrected chi connectivity index (χ2v) is 3.99. The van der Waals surface area contributed by atoms with Crippen molar-refractivity contribution in [3.63, 3.8) is 0 Å². The standard InChI is InChI=1S/C9H13N5S/c1-3-10-9-8(11-13-15-9)6-14-5-4-7(2)12-14/h4-5,10H,3,6H2,1-2H3. The van der Waals surface area contributed by atoms with Crippen LogP contribution in [-0.2, 0) is 6.54 Å². The van der Waals surface area contributed by atoms with Gasteiger partial charge in [0.25, 0.3) is 0 Å². The highest BCUT2D eigenvalue weighted by atomic mass is 32.1. The Hall–Kier alpha value is -1.43. The van der Waals surface area contributed by atoms with Gasteiger partial charge in [0, 0.05) is 24.3 Å². The molecule has 0 saturated heterocycles. The lowest BCUT2D eigenvalue weighted by Gasteiger charge is -2.02. The lowest BCUT2D eigenvalue weighted by molar-refractivity contribution is 0.664. The van der Waals surface area contributed by atoms with Gasteiger partial charge in [-0.15, -0.1) is 5.10 Å². The van der Waals surface area contributed by atoms with Crippen molar-refractivity contribution in [1.29, 1.82) is 0 Å². The van der Waals surface area contributed by atoms with E-state index >= 15 is 0 Å². The topological polar surface area (TPSA) is 55.6 Å². The van der Waals surface area contributed by atoms with Crippen LogP contribution < -0.4 is 5.32 Å². The Morgan fingerprint density at radius 3 is 3.07 bits per heavy atom. The maximum atomic E-state index is 4.31. The van der Waals surface area contributed by atoms with Gasteiger partial charge in [-0.3, -0.25) is 4.68 Å². The van der Waals surface area contributed by atoms with Crippen molar-refractivity contribution < 1.29 is 0 Å². The molecule has 0 radical (unpaired) electrons. The molecule has 6 heteroatoms. The van der Waals surface area contributed by atoms with Crippen molar-refractivity contribution in [2.45, 2.75) is 20.4 Å². The Labute approximate surface area is 92.3 Å². The van der Waals surface area contributed by atoms with Crippen LogP contribution in [0.25, 0.3) is 0 Å². The average Bonchev–Trinajstić information content (AvgIpc) is 2.78. The Morgan fingerprint density at radius 1 is 1.53 bits per heavy atom. The molecule has 2 aromatic rings. The second kappa shape index (κ2) is 4.39. The van der Waals surface area contributed by atoms with Gasteiger partial charge in [-0.2, -0.15) is 5.10 Å². The molecule has 0 spiro atoms. The van der Waals surface area contributed by atoms with Gasteiger partial charge in [-0.05, 0) is 19.9 Å². The third-order valence-corrected chi connectivity index (χ3v) is 2.70. The molecular weight excluding hydrogens is 210 g/mol. The smallest absolute Gasteiger partial charge is 0.135 e. The van der Waals surface area contributed by atoms with Crippen LogP contribution in [0.1, 0.15) is 18.3 Å². The van der Waals surface area contributed by atoms with Gasteiger partial charge >= 0.3 is 0 Å². The molecule has 0 bridgehead atoms. The number of aromatic nitrogens is 4. The molecule has 2 rings (SSSR count). The van der Waals surface area contributed by atoms with Crippen molar-refractivity contribution in [3.8, 4) is 0 Å². The molecular formula is C9H13N5S. The summed E-state index contributed by atoms with van der Waals surface area (Å²) in [7, 11) is 0. The molecule has 0 aromatic carbocycles. The average molecular weight is 223 g/mol. The number of nitrogens with zero attached hydrogens (tertiary/aromatic N) is 4. The third kappa shape index (κ3) is 2.33. The van der Waals surface area contributed by atoms with E-state index in [4.69, 9.17) is 0 Å². The lowest BCUT2D eigenvalue weighted by Crippen LogP contribution is -2.05. The Kier molecular flexibility index (Phi) is 2.96. The number of anilines is 1. The van der Waals surface area contributed by atoms with E-state index in [1.54, 1.807) is 0 Å². The van der Waals surface area contributed by atoms with Gasteiger partial charge in [0.05, 0.1) is 12.2 Å². The highest BCUT2D eigenvalue weighted by Gasteiger charge is 2.07. The summed E-state index contributed by atoms with van der Waals surface area (Å²) in [4.78, 5) is 0. The zero-order chi connectivity index (χ0) is 10.7. The molecule has 0 fully saturated rings. The van der Waals surface area contributed by atoms with Gasteiger partial charge in [-0.1, -0.05) is 4.49 Å². The van der Waals surface area contributed by atoms with Gasteiger partial charge in [-0.25, -0.2) is 0 Å². The van der Waals surface area contributed by atoms with E-state index in [0.717, 1.165) is 22.9 Å². The van der Waals surface area contributed by atoms with Gasteiger partial charge in [0.2, 0.25) is 0 Å². The fraction of sp³-hybridized carbons (Fsp3) is 0.444. The van der Waals surface area contributed by atoms with Crippen LogP contribution in [0.5, 0.6) is 0 Å². The highest BCUT2D eigenvalue weighted by molar-refractivity contribution is 7.10. The largest absolute Gasteiger partial charge is 0.374 e. The van der Waals surface area contributed by atoms with Crippen molar-refractivity contribution in [2.24, 2.45) is 0 Å². The summed E-state index contributed by atoms with van der Waals surface area (Å²) in [5.41, 5.74) is 1.97. The normalized spacial score (nSPS) is 10.5. The highest BCUT2D eigenvalue weighted by Crippen LogP contribution is 2.17. The first-order valence-corrected chi connectivity index (χ1v) is 5.62. The second-order valence-electron chi connectivity index (χ2n) is 3.23. The van der Waals surface area contributed by atoms with Gasteiger partial charge in [0.15, 0.2) is 0 Å². The van der Waals surface area contributed by atoms with Gasteiger partial charge < -0.3 is 5.32 Å². The molecule has 5 nitrogen and oxygen atoms in total. The predicted octanol–water partition coefficient (Wildman–Crippen LogP) is 1.52. The number of nitrogens with one attached hydrogen (secondary N) is 1. The molecule has 0 aliphatic heterocycles. The van der Waals surface area contributed by atoms with Crippen LogP contribution in [0.4, 0.5) is 5.00 Å². The predicted molar refractivity (Wildman–Crippen MR) is 60.1 cm³/mol. The molecule has 0 saturated carbocycles. The van der Waals surface area contributed by atoms with E-state index in [9.17, 15) is 0 Å². The first-order chi connectivity index (χ1) is 7.29. The quantitative estimate of drug-likeness (QED) is 0.854. The summed E-state index contributed by atoms with van der Waals surface area (Å²) in [6.07, 6.45) is 1.95. The SMILES string of the molecule is CCNc1snnc1Cn1ccc(C)n1. The lowest BCUT2D eigenvalue weighted by atomic mass is 10.4. The van der Waals surface area contributed by atoms with E-state index in [-0.39, 0.29) is 0 Å². The minimum atomic E-state index is 0.673. The van der Waals surface area contributed by atoms with Crippen LogP contribution in [-0.4, -0.2) is 25.9 Å². The number of rotatable bonds is 4. The van der Waals surface area contributed by atoms with E-state index in [1.807, 2.05) is 23.9 Å². The summed E-state index contributed by atoms with van der Waals surface area (Å²) >= 11 is 1.39. The number of hydrogen-bond donors (Lipinski definition) is 1. The minimum Gasteiger partial charge on any atom is -0.374 e. The van der Waals surface area contributed by atoms with Crippen molar-refractivity contribution in [1.82, 2.24) is 19.4 Å². The van der Waals surface area contributed by atoms with E-state index in [0.29, 0.717) is 6.54 Å². The molecule has 2 aromatic heterocycles. The zero-order valence-corrected chi connectivity index (χ0v) is 9.58. The first-order valence-electron chi connectivity index (χ1n) is 4.84. The fourth-order valence-electron chi connectivity index (χ4n) is 1.31. The maximum Gasteiger partial charge on any atom is 0.135 e. The van der Waals surface area contributed by atoms with Crippen LogP contribution in [0.15, 0.2) is 12.3 Å². The number of aryl methyl sites for hydroxylation is 1. The third-order valence-electron chi connectivity index (χ3n) is 1.98. The summed E-state index contributed by atoms with van der Waals surface area (Å²) in [6.45, 7) is 5.59. The van der Waals surface area contributed by atoms with E-state index in [1.165, 1.54) is 11.5 Å². The minimum absolute atomic E-state index is 0.673. The summed E-state index contributed by atoms with van der Waals surface area (Å²) in [5, 5.41) is 12.7. The molecule has 15 heavy (non-hydrogen) atoms. The molecule has 0 amide bonds. The Morgan fingerprint density at radius 2 is 2.40 bits per heavy atom. The zero-order valence-electron chi connectivity index (χ0n) is 8.77. The van der Waals surface area contributed by atoms with Gasteiger partial charge in [0.1, 0.15) is 10.7 Å². The molecule has 80 valence electrons. The van der Waals surface area contributed by atoms with Crippen molar-refractivity contribution in [2.75, 3.05) is 11.9 Å². The number of hydrogen-bond acceptors (Lipinski definition) is 5. The Balaban J connectivity index is 2.13. The fourth-order valence-corrected chi connectivity index (χ4v) is 1.95. The molecule has 0 atom stereocenters. The monoisotopic (exact) mass is 223 g/mol. The first kappa shape index (κ1) is 10.1.